The Kier molecular flexibility index (Phi) is 7.51. The van der Waals surface area contributed by atoms with Crippen LogP contribution in [0.25, 0.3) is 0 Å². The van der Waals surface area contributed by atoms with Crippen LogP contribution in [0.3, 0.4) is 0 Å². The zero-order valence-corrected chi connectivity index (χ0v) is 15.2. The van der Waals surface area contributed by atoms with Gasteiger partial charge in [-0.2, -0.15) is 4.31 Å². The van der Waals surface area contributed by atoms with Gasteiger partial charge in [0.05, 0.1) is 12.8 Å². The summed E-state index contributed by atoms with van der Waals surface area (Å²) in [7, 11) is 0.492. The number of sulfonamides is 1. The number of anilines is 2. The molecule has 1 aromatic carbocycles. The van der Waals surface area contributed by atoms with Crippen LogP contribution in [0.2, 0.25) is 0 Å². The molecule has 0 aliphatic rings. The van der Waals surface area contributed by atoms with Crippen LogP contribution in [-0.4, -0.2) is 52.1 Å². The summed E-state index contributed by atoms with van der Waals surface area (Å²) in [6.45, 7) is 2.27. The predicted molar refractivity (Wildman–Crippen MR) is 95.3 cm³/mol. The second-order valence-electron chi connectivity index (χ2n) is 5.79. The maximum Gasteiger partial charge on any atom is 0.239 e. The maximum absolute atomic E-state index is 12.1. The summed E-state index contributed by atoms with van der Waals surface area (Å²) in [5.74, 6) is -0.329. The quantitative estimate of drug-likeness (QED) is 0.699. The molecule has 0 saturated heterocycles. The lowest BCUT2D eigenvalue weighted by Gasteiger charge is -2.19. The van der Waals surface area contributed by atoms with E-state index in [2.05, 4.69) is 12.2 Å². The third-order valence-electron chi connectivity index (χ3n) is 3.47. The summed E-state index contributed by atoms with van der Waals surface area (Å²) in [5, 5.41) is 2.74. The van der Waals surface area contributed by atoms with E-state index in [1.165, 1.54) is 4.31 Å². The number of rotatable bonds is 9. The molecular formula is C16H27N3O3S. The molecule has 0 aliphatic carbocycles. The first-order chi connectivity index (χ1) is 10.7. The molecule has 0 spiro atoms. The average molecular weight is 341 g/mol. The van der Waals surface area contributed by atoms with E-state index in [9.17, 15) is 13.2 Å². The Balaban J connectivity index is 2.64. The Labute approximate surface area is 139 Å². The van der Waals surface area contributed by atoms with Gasteiger partial charge in [0, 0.05) is 32.0 Å². The van der Waals surface area contributed by atoms with Gasteiger partial charge in [0.1, 0.15) is 0 Å². The minimum Gasteiger partial charge on any atom is -0.378 e. The molecule has 0 fully saturated rings. The van der Waals surface area contributed by atoms with Crippen LogP contribution in [0.4, 0.5) is 11.4 Å². The lowest BCUT2D eigenvalue weighted by molar-refractivity contribution is -0.116. The van der Waals surface area contributed by atoms with Gasteiger partial charge in [-0.25, -0.2) is 8.42 Å². The van der Waals surface area contributed by atoms with Gasteiger partial charge >= 0.3 is 0 Å². The second kappa shape index (κ2) is 8.88. The first kappa shape index (κ1) is 19.4. The Hall–Kier alpha value is -1.60. The molecule has 0 radical (unpaired) electrons. The molecule has 1 aromatic rings. The van der Waals surface area contributed by atoms with Crippen LogP contribution in [0, 0.1) is 0 Å². The number of benzene rings is 1. The number of hydrogen-bond acceptors (Lipinski definition) is 4. The van der Waals surface area contributed by atoms with E-state index in [4.69, 9.17) is 0 Å². The zero-order valence-electron chi connectivity index (χ0n) is 14.4. The average Bonchev–Trinajstić information content (AvgIpc) is 2.46. The second-order valence-corrected chi connectivity index (χ2v) is 7.78. The van der Waals surface area contributed by atoms with Gasteiger partial charge < -0.3 is 10.2 Å². The van der Waals surface area contributed by atoms with E-state index in [0.717, 1.165) is 31.2 Å². The third-order valence-corrected chi connectivity index (χ3v) is 4.72. The number of nitrogens with one attached hydrogen (secondary N) is 1. The van der Waals surface area contributed by atoms with Gasteiger partial charge in [-0.1, -0.05) is 19.8 Å². The first-order valence-electron chi connectivity index (χ1n) is 7.76. The van der Waals surface area contributed by atoms with Crippen LogP contribution < -0.4 is 10.2 Å². The van der Waals surface area contributed by atoms with Crippen molar-refractivity contribution in [2.75, 3.05) is 43.7 Å². The van der Waals surface area contributed by atoms with Gasteiger partial charge in [-0.3, -0.25) is 4.79 Å². The molecule has 0 heterocycles. The van der Waals surface area contributed by atoms with Gasteiger partial charge in [0.2, 0.25) is 15.9 Å². The molecular weight excluding hydrogens is 314 g/mol. The summed E-state index contributed by atoms with van der Waals surface area (Å²) in [4.78, 5) is 14.1. The number of amides is 1. The summed E-state index contributed by atoms with van der Waals surface area (Å²) in [6, 6.07) is 7.39. The topological polar surface area (TPSA) is 69.7 Å². The Morgan fingerprint density at radius 3 is 2.22 bits per heavy atom. The number of carbonyl (C=O) groups is 1. The molecule has 0 aromatic heterocycles. The maximum atomic E-state index is 12.1. The molecule has 0 saturated carbocycles. The van der Waals surface area contributed by atoms with E-state index in [1.54, 1.807) is 12.1 Å². The van der Waals surface area contributed by atoms with Crippen LogP contribution in [-0.2, 0) is 14.8 Å². The van der Waals surface area contributed by atoms with Crippen molar-refractivity contribution in [3.8, 4) is 0 Å². The predicted octanol–water partition coefficient (Wildman–Crippen LogP) is 2.14. The fraction of sp³-hybridized carbons (Fsp3) is 0.562. The highest BCUT2D eigenvalue weighted by molar-refractivity contribution is 7.88. The Morgan fingerprint density at radius 1 is 1.13 bits per heavy atom. The van der Waals surface area contributed by atoms with Gasteiger partial charge in [-0.15, -0.1) is 0 Å². The molecule has 0 atom stereocenters. The molecule has 1 rings (SSSR count). The molecule has 0 bridgehead atoms. The molecule has 7 heteroatoms. The van der Waals surface area contributed by atoms with Crippen LogP contribution in [0.5, 0.6) is 0 Å². The number of nitrogens with zero attached hydrogens (tertiary/aromatic N) is 2. The van der Waals surface area contributed by atoms with Gasteiger partial charge in [0.15, 0.2) is 0 Å². The number of carbonyl (C=O) groups excluding carboxylic acids is 1. The number of hydrogen-bond donors (Lipinski definition) is 1. The standard InChI is InChI=1S/C16H27N3O3S/c1-5-6-7-12-19(23(4,21)22)13-16(20)17-14-8-10-15(11-9-14)18(2)3/h8-11H,5-7,12-13H2,1-4H3,(H,17,20). The fourth-order valence-electron chi connectivity index (χ4n) is 2.10. The van der Waals surface area contributed by atoms with Gasteiger partial charge in [0.25, 0.3) is 0 Å². The van der Waals surface area contributed by atoms with Crippen molar-refractivity contribution in [1.82, 2.24) is 4.31 Å². The SMILES string of the molecule is CCCCCN(CC(=O)Nc1ccc(N(C)C)cc1)S(C)(=O)=O. The van der Waals surface area contributed by atoms with Crippen molar-refractivity contribution in [3.05, 3.63) is 24.3 Å². The zero-order chi connectivity index (χ0) is 17.5. The first-order valence-corrected chi connectivity index (χ1v) is 9.61. The number of unbranched alkanes of at least 4 members (excludes halogenated alkanes) is 2. The minimum atomic E-state index is -3.38. The highest BCUT2D eigenvalue weighted by Gasteiger charge is 2.19. The van der Waals surface area contributed by atoms with Crippen molar-refractivity contribution >= 4 is 27.3 Å². The van der Waals surface area contributed by atoms with Crippen LogP contribution >= 0.6 is 0 Å². The van der Waals surface area contributed by atoms with E-state index in [-0.39, 0.29) is 12.5 Å². The summed E-state index contributed by atoms with van der Waals surface area (Å²) in [6.07, 6.45) is 3.84. The molecule has 0 aliphatic heterocycles. The largest absolute Gasteiger partial charge is 0.378 e. The van der Waals surface area contributed by atoms with E-state index >= 15 is 0 Å². The molecule has 0 unspecified atom stereocenters. The summed E-state index contributed by atoms with van der Waals surface area (Å²) in [5.41, 5.74) is 1.68. The lowest BCUT2D eigenvalue weighted by atomic mass is 10.2. The van der Waals surface area contributed by atoms with Crippen molar-refractivity contribution in [3.63, 3.8) is 0 Å². The molecule has 6 nitrogen and oxygen atoms in total. The highest BCUT2D eigenvalue weighted by Crippen LogP contribution is 2.15. The normalized spacial score (nSPS) is 11.5. The molecule has 1 amide bonds. The molecule has 1 N–H and O–H groups in total. The van der Waals surface area contributed by atoms with Crippen molar-refractivity contribution in [1.29, 1.82) is 0 Å². The third kappa shape index (κ3) is 7.00. The van der Waals surface area contributed by atoms with E-state index in [0.29, 0.717) is 12.2 Å². The Morgan fingerprint density at radius 2 is 1.74 bits per heavy atom. The van der Waals surface area contributed by atoms with Crippen LogP contribution in [0.15, 0.2) is 24.3 Å². The van der Waals surface area contributed by atoms with E-state index < -0.39 is 10.0 Å². The van der Waals surface area contributed by atoms with Crippen LogP contribution in [0.1, 0.15) is 26.2 Å². The lowest BCUT2D eigenvalue weighted by Crippen LogP contribution is -2.38. The van der Waals surface area contributed by atoms with Crippen molar-refractivity contribution < 1.29 is 13.2 Å². The molecule has 23 heavy (non-hydrogen) atoms. The minimum absolute atomic E-state index is 0.155. The molecule has 130 valence electrons. The van der Waals surface area contributed by atoms with Crippen molar-refractivity contribution in [2.24, 2.45) is 0 Å². The van der Waals surface area contributed by atoms with Crippen molar-refractivity contribution in [2.45, 2.75) is 26.2 Å². The smallest absolute Gasteiger partial charge is 0.239 e. The van der Waals surface area contributed by atoms with Gasteiger partial charge in [-0.05, 0) is 30.7 Å². The Bertz CT molecular complexity index is 598. The summed E-state index contributed by atoms with van der Waals surface area (Å²) < 4.78 is 24.8. The van der Waals surface area contributed by atoms with E-state index in [1.807, 2.05) is 31.1 Å². The highest BCUT2D eigenvalue weighted by atomic mass is 32.2. The monoisotopic (exact) mass is 341 g/mol. The fourth-order valence-corrected chi connectivity index (χ4v) is 2.92. The summed E-state index contributed by atoms with van der Waals surface area (Å²) >= 11 is 0.